The fourth-order valence-corrected chi connectivity index (χ4v) is 4.58. The molecule has 0 unspecified atom stereocenters. The van der Waals surface area contributed by atoms with Gasteiger partial charge in [-0.15, -0.1) is 0 Å². The molecule has 0 bridgehead atoms. The first-order chi connectivity index (χ1) is 15.4. The highest BCUT2D eigenvalue weighted by molar-refractivity contribution is 6.30. The number of hydrogen-bond donors (Lipinski definition) is 1. The van der Waals surface area contributed by atoms with Gasteiger partial charge in [0.2, 0.25) is 5.91 Å². The molecule has 2 amide bonds. The van der Waals surface area contributed by atoms with E-state index >= 15 is 0 Å². The average molecular weight is 479 g/mol. The Hall–Kier alpha value is -2.31. The van der Waals surface area contributed by atoms with Crippen molar-refractivity contribution in [2.24, 2.45) is 5.92 Å². The van der Waals surface area contributed by atoms with Crippen LogP contribution in [0, 0.1) is 11.7 Å². The summed E-state index contributed by atoms with van der Waals surface area (Å²) < 4.78 is 18.8. The molecule has 5 nitrogen and oxygen atoms in total. The maximum Gasteiger partial charge on any atom is 0.258 e. The maximum absolute atomic E-state index is 13.4. The van der Waals surface area contributed by atoms with Crippen LogP contribution in [0.15, 0.2) is 42.5 Å². The van der Waals surface area contributed by atoms with Crippen LogP contribution in [-0.2, 0) is 9.59 Å². The van der Waals surface area contributed by atoms with Crippen molar-refractivity contribution in [3.05, 3.63) is 63.9 Å². The Morgan fingerprint density at radius 1 is 1.03 bits per heavy atom. The smallest absolute Gasteiger partial charge is 0.258 e. The van der Waals surface area contributed by atoms with E-state index in [4.69, 9.17) is 27.9 Å². The Kier molecular flexibility index (Phi) is 7.21. The number of carbonyl (C=O) groups is 2. The first-order valence-electron chi connectivity index (χ1n) is 10.8. The fraction of sp³-hybridized carbons (Fsp3) is 0.417. The summed E-state index contributed by atoms with van der Waals surface area (Å²) in [6.45, 7) is 1.30. The molecule has 1 aliphatic carbocycles. The molecule has 2 aromatic rings. The van der Waals surface area contributed by atoms with Crippen LogP contribution in [0.5, 0.6) is 5.75 Å². The van der Waals surface area contributed by atoms with Crippen molar-refractivity contribution < 1.29 is 18.7 Å². The number of likely N-dealkylation sites (tertiary alicyclic amines) is 1. The Morgan fingerprint density at radius 3 is 2.38 bits per heavy atom. The van der Waals surface area contributed by atoms with Crippen LogP contribution < -0.4 is 10.1 Å². The van der Waals surface area contributed by atoms with Crippen molar-refractivity contribution in [1.82, 2.24) is 10.2 Å². The molecule has 1 heterocycles. The van der Waals surface area contributed by atoms with Gasteiger partial charge in [0.1, 0.15) is 11.6 Å². The quantitative estimate of drug-likeness (QED) is 0.647. The number of rotatable bonds is 6. The standard InChI is InChI=1S/C24H25Cl2FN2O3/c25-18-5-1-15(2-6-18)17-12-29(13-17)24(31)16-3-7-19(8-4-16)28-23(30)14-32-20-9-10-21(26)22(27)11-20/h1-2,5-6,9-11,16-17,19H,3-4,7-8,12-14H2,(H,28,30)/t16-,19-. The van der Waals surface area contributed by atoms with Crippen LogP contribution in [-0.4, -0.2) is 42.5 Å². The van der Waals surface area contributed by atoms with E-state index in [1.807, 2.05) is 29.2 Å². The zero-order valence-corrected chi connectivity index (χ0v) is 19.0. The number of amides is 2. The molecule has 1 N–H and O–H groups in total. The third kappa shape index (κ3) is 5.54. The normalized spacial score (nSPS) is 21.0. The van der Waals surface area contributed by atoms with E-state index in [1.165, 1.54) is 17.7 Å². The van der Waals surface area contributed by atoms with E-state index in [9.17, 15) is 14.0 Å². The molecule has 2 aromatic carbocycles. The molecule has 1 saturated heterocycles. The Bertz CT molecular complexity index is 972. The molecule has 0 atom stereocenters. The minimum Gasteiger partial charge on any atom is -0.484 e. The van der Waals surface area contributed by atoms with Crippen LogP contribution in [0.1, 0.15) is 37.2 Å². The molecule has 4 rings (SSSR count). The van der Waals surface area contributed by atoms with Crippen LogP contribution in [0.4, 0.5) is 4.39 Å². The molecule has 1 saturated carbocycles. The summed E-state index contributed by atoms with van der Waals surface area (Å²) >= 11 is 11.6. The van der Waals surface area contributed by atoms with Gasteiger partial charge in [0.05, 0.1) is 5.02 Å². The highest BCUT2D eigenvalue weighted by atomic mass is 35.5. The lowest BCUT2D eigenvalue weighted by Crippen LogP contribution is -2.51. The van der Waals surface area contributed by atoms with Gasteiger partial charge < -0.3 is 15.0 Å². The van der Waals surface area contributed by atoms with Gasteiger partial charge in [0.15, 0.2) is 6.61 Å². The molecule has 0 spiro atoms. The Morgan fingerprint density at radius 2 is 1.72 bits per heavy atom. The molecule has 2 aliphatic rings. The van der Waals surface area contributed by atoms with E-state index in [2.05, 4.69) is 5.32 Å². The number of ether oxygens (including phenoxy) is 1. The van der Waals surface area contributed by atoms with Crippen molar-refractivity contribution in [2.75, 3.05) is 19.7 Å². The third-order valence-electron chi connectivity index (χ3n) is 6.24. The monoisotopic (exact) mass is 478 g/mol. The van der Waals surface area contributed by atoms with E-state index in [-0.39, 0.29) is 41.2 Å². The molecule has 8 heteroatoms. The summed E-state index contributed by atoms with van der Waals surface area (Å²) in [5, 5.41) is 3.67. The minimum absolute atomic E-state index is 0.00633. The van der Waals surface area contributed by atoms with Gasteiger partial charge in [-0.05, 0) is 55.5 Å². The predicted octanol–water partition coefficient (Wildman–Crippen LogP) is 4.81. The molecular formula is C24H25Cl2FN2O3. The first-order valence-corrected chi connectivity index (χ1v) is 11.6. The van der Waals surface area contributed by atoms with Gasteiger partial charge in [0, 0.05) is 42.1 Å². The van der Waals surface area contributed by atoms with E-state index < -0.39 is 5.82 Å². The van der Waals surface area contributed by atoms with Crippen LogP contribution >= 0.6 is 23.2 Å². The van der Waals surface area contributed by atoms with Crippen molar-refractivity contribution in [3.63, 3.8) is 0 Å². The average Bonchev–Trinajstić information content (AvgIpc) is 2.75. The molecular weight excluding hydrogens is 454 g/mol. The second kappa shape index (κ2) is 10.1. The first kappa shape index (κ1) is 22.9. The number of benzene rings is 2. The summed E-state index contributed by atoms with van der Waals surface area (Å²) in [4.78, 5) is 26.9. The molecule has 0 aromatic heterocycles. The number of carbonyl (C=O) groups excluding carboxylic acids is 2. The van der Waals surface area contributed by atoms with Gasteiger partial charge >= 0.3 is 0 Å². The van der Waals surface area contributed by atoms with E-state index in [0.29, 0.717) is 5.92 Å². The third-order valence-corrected chi connectivity index (χ3v) is 6.80. The maximum atomic E-state index is 13.4. The summed E-state index contributed by atoms with van der Waals surface area (Å²) in [5.41, 5.74) is 1.22. The fourth-order valence-electron chi connectivity index (χ4n) is 4.33. The van der Waals surface area contributed by atoms with Gasteiger partial charge in [-0.25, -0.2) is 4.39 Å². The second-order valence-electron chi connectivity index (χ2n) is 8.47. The summed E-state index contributed by atoms with van der Waals surface area (Å²) in [6, 6.07) is 11.9. The zero-order valence-electron chi connectivity index (χ0n) is 17.5. The van der Waals surface area contributed by atoms with Crippen LogP contribution in [0.25, 0.3) is 0 Å². The highest BCUT2D eigenvalue weighted by Gasteiger charge is 2.36. The second-order valence-corrected chi connectivity index (χ2v) is 9.32. The number of nitrogens with one attached hydrogen (secondary N) is 1. The van der Waals surface area contributed by atoms with Crippen molar-refractivity contribution in [2.45, 2.75) is 37.6 Å². The van der Waals surface area contributed by atoms with Crippen molar-refractivity contribution >= 4 is 35.0 Å². The van der Waals surface area contributed by atoms with Gasteiger partial charge in [-0.3, -0.25) is 9.59 Å². The largest absolute Gasteiger partial charge is 0.484 e. The summed E-state index contributed by atoms with van der Waals surface area (Å²) in [7, 11) is 0. The molecule has 0 radical (unpaired) electrons. The molecule has 170 valence electrons. The van der Waals surface area contributed by atoms with Crippen molar-refractivity contribution in [1.29, 1.82) is 0 Å². The SMILES string of the molecule is O=C(COc1ccc(Cl)c(F)c1)N[C@H]1CC[C@H](C(=O)N2CC(c3ccc(Cl)cc3)C2)CC1. The lowest BCUT2D eigenvalue weighted by molar-refractivity contribution is -0.141. The molecule has 1 aliphatic heterocycles. The van der Waals surface area contributed by atoms with Crippen LogP contribution in [0.3, 0.4) is 0 Å². The van der Waals surface area contributed by atoms with Crippen molar-refractivity contribution in [3.8, 4) is 5.75 Å². The van der Waals surface area contributed by atoms with Gasteiger partial charge in [0.25, 0.3) is 5.91 Å². The minimum atomic E-state index is -0.589. The number of nitrogens with zero attached hydrogens (tertiary/aromatic N) is 1. The number of halogens is 3. The predicted molar refractivity (Wildman–Crippen MR) is 122 cm³/mol. The van der Waals surface area contributed by atoms with E-state index in [1.54, 1.807) is 0 Å². The molecule has 32 heavy (non-hydrogen) atoms. The van der Waals surface area contributed by atoms with E-state index in [0.717, 1.165) is 49.9 Å². The Balaban J connectivity index is 1.16. The lowest BCUT2D eigenvalue weighted by atomic mass is 9.83. The topological polar surface area (TPSA) is 58.6 Å². The van der Waals surface area contributed by atoms with Gasteiger partial charge in [-0.2, -0.15) is 0 Å². The zero-order chi connectivity index (χ0) is 22.7. The summed E-state index contributed by atoms with van der Waals surface area (Å²) in [5.74, 6) is 0.0115. The molecule has 2 fully saturated rings. The lowest BCUT2D eigenvalue weighted by Gasteiger charge is -2.42. The van der Waals surface area contributed by atoms with Crippen LogP contribution in [0.2, 0.25) is 10.0 Å². The summed E-state index contributed by atoms with van der Waals surface area (Å²) in [6.07, 6.45) is 3.03. The highest BCUT2D eigenvalue weighted by Crippen LogP contribution is 2.32. The Labute approximate surface area is 196 Å². The number of hydrogen-bond acceptors (Lipinski definition) is 3. The van der Waals surface area contributed by atoms with Gasteiger partial charge in [-0.1, -0.05) is 35.3 Å².